The van der Waals surface area contributed by atoms with Crippen LogP contribution >= 0.6 is 0 Å². The topological polar surface area (TPSA) is 71.5 Å². The number of fused-ring (bicyclic) bond motifs is 1. The average Bonchev–Trinajstić information content (AvgIpc) is 2.87. The second kappa shape index (κ2) is 6.65. The zero-order valence-electron chi connectivity index (χ0n) is 13.6. The van der Waals surface area contributed by atoms with Crippen molar-refractivity contribution in [2.24, 2.45) is 0 Å². The molecule has 1 aliphatic heterocycles. The molecular formula is C20H15NO4. The standard InChI is InChI=1S/C20H15NO4/c1-13(22)15(11-18(23)14-7-3-2-4-8-14)12-21-19(24)16-9-5-6-10-17(16)20(21)25/h2-11H,12H2,1H3/b15-11+. The normalized spacial score (nSPS) is 13.8. The summed E-state index contributed by atoms with van der Waals surface area (Å²) < 4.78 is 0. The van der Waals surface area contributed by atoms with Gasteiger partial charge in [-0.1, -0.05) is 42.5 Å². The van der Waals surface area contributed by atoms with Crippen LogP contribution in [0.1, 0.15) is 38.0 Å². The summed E-state index contributed by atoms with van der Waals surface area (Å²) in [7, 11) is 0. The Morgan fingerprint density at radius 1 is 0.880 bits per heavy atom. The molecule has 0 spiro atoms. The number of amides is 2. The van der Waals surface area contributed by atoms with E-state index < -0.39 is 11.8 Å². The van der Waals surface area contributed by atoms with Crippen LogP contribution in [0.15, 0.2) is 66.2 Å². The molecule has 2 aromatic rings. The van der Waals surface area contributed by atoms with Gasteiger partial charge in [-0.3, -0.25) is 24.1 Å². The Balaban J connectivity index is 1.88. The number of imide groups is 1. The van der Waals surface area contributed by atoms with Crippen LogP contribution in [0.5, 0.6) is 0 Å². The minimum absolute atomic E-state index is 0.114. The predicted octanol–water partition coefficient (Wildman–Crippen LogP) is 2.68. The Kier molecular flexibility index (Phi) is 4.39. The number of hydrogen-bond donors (Lipinski definition) is 0. The van der Waals surface area contributed by atoms with Gasteiger partial charge in [0.15, 0.2) is 11.6 Å². The van der Waals surface area contributed by atoms with E-state index in [1.54, 1.807) is 54.6 Å². The molecule has 5 heteroatoms. The van der Waals surface area contributed by atoms with E-state index in [1.807, 2.05) is 0 Å². The van der Waals surface area contributed by atoms with E-state index in [1.165, 1.54) is 13.0 Å². The number of benzene rings is 2. The predicted molar refractivity (Wildman–Crippen MR) is 91.3 cm³/mol. The van der Waals surface area contributed by atoms with Gasteiger partial charge < -0.3 is 0 Å². The van der Waals surface area contributed by atoms with Crippen LogP contribution < -0.4 is 0 Å². The number of ketones is 2. The lowest BCUT2D eigenvalue weighted by Crippen LogP contribution is -2.33. The molecule has 0 unspecified atom stereocenters. The fourth-order valence-electron chi connectivity index (χ4n) is 2.66. The largest absolute Gasteiger partial charge is 0.295 e. The molecule has 0 bridgehead atoms. The zero-order chi connectivity index (χ0) is 18.0. The maximum atomic E-state index is 12.4. The number of rotatable bonds is 5. The first-order valence-corrected chi connectivity index (χ1v) is 7.75. The third-order valence-corrected chi connectivity index (χ3v) is 4.02. The van der Waals surface area contributed by atoms with Gasteiger partial charge in [0, 0.05) is 11.1 Å². The molecular weight excluding hydrogens is 318 g/mol. The molecule has 1 heterocycles. The summed E-state index contributed by atoms with van der Waals surface area (Å²) in [5.74, 6) is -1.62. The number of carbonyl (C=O) groups excluding carboxylic acids is 4. The summed E-state index contributed by atoms with van der Waals surface area (Å²) in [4.78, 5) is 50.0. The van der Waals surface area contributed by atoms with E-state index in [-0.39, 0.29) is 23.7 Å². The molecule has 5 nitrogen and oxygen atoms in total. The number of nitrogens with zero attached hydrogens (tertiary/aromatic N) is 1. The highest BCUT2D eigenvalue weighted by Gasteiger charge is 2.35. The summed E-state index contributed by atoms with van der Waals surface area (Å²) in [6.45, 7) is 1.09. The Morgan fingerprint density at radius 3 is 1.92 bits per heavy atom. The molecule has 2 amide bonds. The fourth-order valence-corrected chi connectivity index (χ4v) is 2.66. The van der Waals surface area contributed by atoms with Gasteiger partial charge in [0.2, 0.25) is 0 Å². The zero-order valence-corrected chi connectivity index (χ0v) is 13.6. The average molecular weight is 333 g/mol. The summed E-state index contributed by atoms with van der Waals surface area (Å²) in [6, 6.07) is 15.0. The van der Waals surface area contributed by atoms with Crippen molar-refractivity contribution in [2.45, 2.75) is 6.92 Å². The SMILES string of the molecule is CC(=O)/C(=C/C(=O)c1ccccc1)CN1C(=O)c2ccccc2C1=O. The number of carbonyl (C=O) groups is 4. The van der Waals surface area contributed by atoms with Crippen LogP contribution in [0, 0.1) is 0 Å². The van der Waals surface area contributed by atoms with Gasteiger partial charge in [-0.25, -0.2) is 0 Å². The van der Waals surface area contributed by atoms with Gasteiger partial charge in [-0.05, 0) is 25.1 Å². The monoisotopic (exact) mass is 333 g/mol. The van der Waals surface area contributed by atoms with E-state index in [9.17, 15) is 19.2 Å². The Morgan fingerprint density at radius 2 is 1.40 bits per heavy atom. The number of hydrogen-bond acceptors (Lipinski definition) is 4. The van der Waals surface area contributed by atoms with E-state index in [0.29, 0.717) is 16.7 Å². The third kappa shape index (κ3) is 3.17. The van der Waals surface area contributed by atoms with Crippen molar-refractivity contribution in [3.05, 3.63) is 82.9 Å². The molecule has 0 saturated heterocycles. The van der Waals surface area contributed by atoms with Crippen LogP contribution in [-0.4, -0.2) is 34.8 Å². The summed E-state index contributed by atoms with van der Waals surface area (Å²) in [5.41, 5.74) is 1.17. The molecule has 3 rings (SSSR count). The van der Waals surface area contributed by atoms with Gasteiger partial charge in [0.25, 0.3) is 11.8 Å². The van der Waals surface area contributed by atoms with E-state index >= 15 is 0 Å². The van der Waals surface area contributed by atoms with Crippen molar-refractivity contribution in [1.29, 1.82) is 0 Å². The molecule has 124 valence electrons. The fraction of sp³-hybridized carbons (Fsp3) is 0.100. The second-order valence-electron chi connectivity index (χ2n) is 5.70. The molecule has 1 aliphatic rings. The van der Waals surface area contributed by atoms with Gasteiger partial charge in [-0.2, -0.15) is 0 Å². The van der Waals surface area contributed by atoms with Crippen molar-refractivity contribution in [3.8, 4) is 0 Å². The molecule has 0 aromatic heterocycles. The van der Waals surface area contributed by atoms with Crippen molar-refractivity contribution in [3.63, 3.8) is 0 Å². The molecule has 2 aromatic carbocycles. The van der Waals surface area contributed by atoms with E-state index in [0.717, 1.165) is 4.90 Å². The van der Waals surface area contributed by atoms with Crippen LogP contribution in [0.4, 0.5) is 0 Å². The molecule has 0 N–H and O–H groups in total. The lowest BCUT2D eigenvalue weighted by Gasteiger charge is -2.14. The third-order valence-electron chi connectivity index (χ3n) is 4.02. The number of allylic oxidation sites excluding steroid dienone is 1. The lowest BCUT2D eigenvalue weighted by atomic mass is 10.1. The smallest absolute Gasteiger partial charge is 0.261 e. The first kappa shape index (κ1) is 16.5. The Hall–Kier alpha value is -3.34. The van der Waals surface area contributed by atoms with Gasteiger partial charge in [0.1, 0.15) is 0 Å². The highest BCUT2D eigenvalue weighted by molar-refractivity contribution is 6.22. The maximum absolute atomic E-state index is 12.4. The Bertz CT molecular complexity index is 877. The summed E-state index contributed by atoms with van der Waals surface area (Å²) in [6.07, 6.45) is 1.20. The molecule has 0 radical (unpaired) electrons. The second-order valence-corrected chi connectivity index (χ2v) is 5.70. The highest BCUT2D eigenvalue weighted by atomic mass is 16.2. The Labute approximate surface area is 144 Å². The van der Waals surface area contributed by atoms with Crippen molar-refractivity contribution >= 4 is 23.4 Å². The molecule has 0 fully saturated rings. The first-order chi connectivity index (χ1) is 12.0. The minimum Gasteiger partial charge on any atom is -0.295 e. The molecule has 25 heavy (non-hydrogen) atoms. The number of Topliss-reactive ketones (excluding diaryl/α,β-unsaturated/α-hetero) is 1. The van der Waals surface area contributed by atoms with Crippen LogP contribution in [0.25, 0.3) is 0 Å². The minimum atomic E-state index is -0.458. The molecule has 0 aliphatic carbocycles. The summed E-state index contributed by atoms with van der Waals surface area (Å²) in [5, 5.41) is 0. The van der Waals surface area contributed by atoms with E-state index in [2.05, 4.69) is 0 Å². The quantitative estimate of drug-likeness (QED) is 0.479. The van der Waals surface area contributed by atoms with Crippen LogP contribution in [0.3, 0.4) is 0 Å². The summed E-state index contributed by atoms with van der Waals surface area (Å²) >= 11 is 0. The van der Waals surface area contributed by atoms with Crippen LogP contribution in [0.2, 0.25) is 0 Å². The van der Waals surface area contributed by atoms with Gasteiger partial charge in [-0.15, -0.1) is 0 Å². The molecule has 0 atom stereocenters. The lowest BCUT2D eigenvalue weighted by molar-refractivity contribution is -0.113. The van der Waals surface area contributed by atoms with Gasteiger partial charge >= 0.3 is 0 Å². The van der Waals surface area contributed by atoms with Crippen molar-refractivity contribution < 1.29 is 19.2 Å². The van der Waals surface area contributed by atoms with E-state index in [4.69, 9.17) is 0 Å². The van der Waals surface area contributed by atoms with Crippen molar-refractivity contribution in [1.82, 2.24) is 4.90 Å². The highest BCUT2D eigenvalue weighted by Crippen LogP contribution is 2.23. The molecule has 0 saturated carbocycles. The van der Waals surface area contributed by atoms with Gasteiger partial charge in [0.05, 0.1) is 17.7 Å². The maximum Gasteiger partial charge on any atom is 0.261 e. The first-order valence-electron chi connectivity index (χ1n) is 7.75. The van der Waals surface area contributed by atoms with Crippen LogP contribution in [-0.2, 0) is 4.79 Å². The van der Waals surface area contributed by atoms with Crippen molar-refractivity contribution in [2.75, 3.05) is 6.54 Å².